The average Bonchev–Trinajstić information content (AvgIpc) is 3.37. The number of rotatable bonds is 0. The summed E-state index contributed by atoms with van der Waals surface area (Å²) in [6.45, 7) is 5.48. The molecule has 2 heterocycles. The maximum Gasteiger partial charge on any atom is 0.174 e. The van der Waals surface area contributed by atoms with Crippen LogP contribution in [0.2, 0.25) is 0 Å². The smallest absolute Gasteiger partial charge is 0.174 e. The monoisotopic (exact) mass is 358 g/mol. The van der Waals surface area contributed by atoms with Crippen LogP contribution in [0.25, 0.3) is 0 Å². The maximum atomic E-state index is 6.23. The Balaban J connectivity index is 1.34. The molecule has 1 saturated carbocycles. The van der Waals surface area contributed by atoms with Gasteiger partial charge < -0.3 is 18.9 Å². The molecule has 0 radical (unpaired) electrons. The predicted octanol–water partition coefficient (Wildman–Crippen LogP) is 4.11. The lowest BCUT2D eigenvalue weighted by atomic mass is 9.58. The summed E-state index contributed by atoms with van der Waals surface area (Å²) in [4.78, 5) is 0. The van der Waals surface area contributed by atoms with Crippen LogP contribution in [-0.4, -0.2) is 38.0 Å². The molecule has 4 nitrogen and oxygen atoms in total. The molecule has 142 valence electrons. The first-order valence-corrected chi connectivity index (χ1v) is 10.6. The van der Waals surface area contributed by atoms with Gasteiger partial charge in [0.25, 0.3) is 0 Å². The van der Waals surface area contributed by atoms with E-state index in [1.54, 1.807) is 16.7 Å². The first kappa shape index (κ1) is 16.3. The summed E-state index contributed by atoms with van der Waals surface area (Å²) in [6.07, 6.45) is 11.6. The lowest BCUT2D eigenvalue weighted by molar-refractivity contribution is -0.227. The molecule has 4 heteroatoms. The van der Waals surface area contributed by atoms with Gasteiger partial charge in [-0.2, -0.15) is 0 Å². The molecule has 0 aromatic rings. The highest BCUT2D eigenvalue weighted by Gasteiger charge is 2.64. The topological polar surface area (TPSA) is 36.9 Å². The fraction of sp³-hybridized carbons (Fsp3) is 0.818. The third kappa shape index (κ3) is 1.99. The van der Waals surface area contributed by atoms with Crippen molar-refractivity contribution in [3.63, 3.8) is 0 Å². The Morgan fingerprint density at radius 3 is 2.50 bits per heavy atom. The number of fused-ring (bicyclic) bond motifs is 5. The molecule has 2 spiro atoms. The molecule has 6 rings (SSSR count). The second-order valence-corrected chi connectivity index (χ2v) is 9.39. The lowest BCUT2D eigenvalue weighted by Gasteiger charge is -2.50. The van der Waals surface area contributed by atoms with Gasteiger partial charge in [0.2, 0.25) is 0 Å². The van der Waals surface area contributed by atoms with Gasteiger partial charge in [-0.05, 0) is 55.1 Å². The molecule has 0 N–H and O–H groups in total. The predicted molar refractivity (Wildman–Crippen MR) is 96.4 cm³/mol. The van der Waals surface area contributed by atoms with Crippen molar-refractivity contribution in [2.75, 3.05) is 26.4 Å². The minimum Gasteiger partial charge on any atom is -0.347 e. The highest BCUT2D eigenvalue weighted by atomic mass is 16.7. The number of ether oxygens (including phenoxy) is 4. The lowest BCUT2D eigenvalue weighted by Crippen LogP contribution is -2.49. The van der Waals surface area contributed by atoms with E-state index in [1.807, 2.05) is 0 Å². The first-order chi connectivity index (χ1) is 12.6. The van der Waals surface area contributed by atoms with Crippen LogP contribution in [0.4, 0.5) is 0 Å². The van der Waals surface area contributed by atoms with Gasteiger partial charge in [-0.25, -0.2) is 0 Å². The van der Waals surface area contributed by atoms with Gasteiger partial charge in [0.1, 0.15) is 0 Å². The van der Waals surface area contributed by atoms with Crippen molar-refractivity contribution in [3.8, 4) is 0 Å². The molecular formula is C22H30O4. The zero-order valence-corrected chi connectivity index (χ0v) is 15.9. The summed E-state index contributed by atoms with van der Waals surface area (Å²) in [5.41, 5.74) is 5.08. The Labute approximate surface area is 155 Å². The fourth-order valence-corrected chi connectivity index (χ4v) is 7.18. The second kappa shape index (κ2) is 5.44. The molecule has 0 amide bonds. The summed E-state index contributed by atoms with van der Waals surface area (Å²) < 4.78 is 24.5. The molecule has 6 aliphatic rings. The highest BCUT2D eigenvalue weighted by molar-refractivity contribution is 5.45. The number of allylic oxidation sites excluding steroid dienone is 3. The Hall–Kier alpha value is -0.680. The van der Waals surface area contributed by atoms with Gasteiger partial charge in [0.15, 0.2) is 11.6 Å². The zero-order chi connectivity index (χ0) is 17.4. The summed E-state index contributed by atoms with van der Waals surface area (Å²) in [6, 6.07) is 0. The zero-order valence-electron chi connectivity index (χ0n) is 15.9. The Bertz CT molecular complexity index is 680. The van der Waals surface area contributed by atoms with Crippen molar-refractivity contribution in [3.05, 3.63) is 22.8 Å². The van der Waals surface area contributed by atoms with Crippen LogP contribution >= 0.6 is 0 Å². The minimum absolute atomic E-state index is 0.142. The van der Waals surface area contributed by atoms with E-state index in [9.17, 15) is 0 Å². The largest absolute Gasteiger partial charge is 0.347 e. The van der Waals surface area contributed by atoms with Crippen molar-refractivity contribution in [2.45, 2.75) is 69.9 Å². The van der Waals surface area contributed by atoms with Gasteiger partial charge in [0, 0.05) is 24.7 Å². The molecule has 2 saturated heterocycles. The van der Waals surface area contributed by atoms with Gasteiger partial charge in [-0.1, -0.05) is 18.6 Å². The van der Waals surface area contributed by atoms with Crippen LogP contribution in [0.1, 0.15) is 58.3 Å². The van der Waals surface area contributed by atoms with E-state index in [1.165, 1.54) is 19.3 Å². The Morgan fingerprint density at radius 1 is 0.923 bits per heavy atom. The van der Waals surface area contributed by atoms with Crippen molar-refractivity contribution in [2.24, 2.45) is 17.3 Å². The van der Waals surface area contributed by atoms with Crippen LogP contribution < -0.4 is 0 Å². The van der Waals surface area contributed by atoms with E-state index in [0.717, 1.165) is 58.5 Å². The van der Waals surface area contributed by atoms with E-state index in [2.05, 4.69) is 13.0 Å². The molecule has 2 aliphatic heterocycles. The van der Waals surface area contributed by atoms with E-state index in [-0.39, 0.29) is 17.0 Å². The quantitative estimate of drug-likeness (QED) is 0.653. The standard InChI is InChI=1S/C22H30O4/c1-20-7-4-17-16-5-8-21(23-10-11-24-21)14-15(16)2-3-18(17)19(20)6-9-22(20)25-12-13-26-22/h4,18-19H,2-3,5-14H2,1H3. The summed E-state index contributed by atoms with van der Waals surface area (Å²) >= 11 is 0. The maximum absolute atomic E-state index is 6.23. The Morgan fingerprint density at radius 2 is 1.69 bits per heavy atom. The van der Waals surface area contributed by atoms with Gasteiger partial charge in [-0.15, -0.1) is 0 Å². The normalized spacial score (nSPS) is 42.7. The summed E-state index contributed by atoms with van der Waals surface area (Å²) in [5.74, 6) is 0.790. The van der Waals surface area contributed by atoms with Crippen molar-refractivity contribution < 1.29 is 18.9 Å². The summed E-state index contributed by atoms with van der Waals surface area (Å²) in [5, 5.41) is 0. The van der Waals surface area contributed by atoms with Crippen molar-refractivity contribution in [1.82, 2.24) is 0 Å². The molecule has 26 heavy (non-hydrogen) atoms. The van der Waals surface area contributed by atoms with E-state index in [0.29, 0.717) is 11.8 Å². The van der Waals surface area contributed by atoms with Crippen LogP contribution in [-0.2, 0) is 18.9 Å². The first-order valence-electron chi connectivity index (χ1n) is 10.6. The van der Waals surface area contributed by atoms with Crippen molar-refractivity contribution in [1.29, 1.82) is 0 Å². The number of hydrogen-bond donors (Lipinski definition) is 0. The van der Waals surface area contributed by atoms with Crippen LogP contribution in [0.15, 0.2) is 22.8 Å². The molecule has 3 unspecified atom stereocenters. The highest BCUT2D eigenvalue weighted by Crippen LogP contribution is 2.64. The summed E-state index contributed by atoms with van der Waals surface area (Å²) in [7, 11) is 0. The second-order valence-electron chi connectivity index (χ2n) is 9.39. The van der Waals surface area contributed by atoms with Gasteiger partial charge in [0.05, 0.1) is 26.4 Å². The third-order valence-corrected chi connectivity index (χ3v) is 8.44. The molecule has 0 aromatic heterocycles. The average molecular weight is 358 g/mol. The molecular weight excluding hydrogens is 328 g/mol. The SMILES string of the molecule is CC12CC=C3C4=C(CCC3C1CCC21OCCO1)CC1(CC4)OCCO1. The van der Waals surface area contributed by atoms with Gasteiger partial charge >= 0.3 is 0 Å². The van der Waals surface area contributed by atoms with Crippen LogP contribution in [0.5, 0.6) is 0 Å². The van der Waals surface area contributed by atoms with Crippen molar-refractivity contribution >= 4 is 0 Å². The molecule has 4 aliphatic carbocycles. The Kier molecular flexibility index (Phi) is 3.41. The fourth-order valence-electron chi connectivity index (χ4n) is 7.18. The minimum atomic E-state index is -0.309. The van der Waals surface area contributed by atoms with Gasteiger partial charge in [-0.3, -0.25) is 0 Å². The van der Waals surface area contributed by atoms with E-state index < -0.39 is 0 Å². The number of hydrogen-bond acceptors (Lipinski definition) is 4. The van der Waals surface area contributed by atoms with Crippen LogP contribution in [0, 0.1) is 17.3 Å². The van der Waals surface area contributed by atoms with E-state index in [4.69, 9.17) is 18.9 Å². The molecule has 3 atom stereocenters. The van der Waals surface area contributed by atoms with E-state index >= 15 is 0 Å². The third-order valence-electron chi connectivity index (χ3n) is 8.44. The molecule has 0 bridgehead atoms. The molecule has 0 aromatic carbocycles. The van der Waals surface area contributed by atoms with Crippen LogP contribution in [0.3, 0.4) is 0 Å². The molecule has 3 fully saturated rings.